The monoisotopic (exact) mass is 388 g/mol. The third kappa shape index (κ3) is 4.25. The average Bonchev–Trinajstić information content (AvgIpc) is 3.42. The molecule has 2 saturated heterocycles. The van der Waals surface area contributed by atoms with E-state index in [0.29, 0.717) is 25.0 Å². The second-order valence-corrected chi connectivity index (χ2v) is 8.67. The molecule has 1 aliphatic carbocycles. The molecule has 3 fully saturated rings. The van der Waals surface area contributed by atoms with Crippen LogP contribution < -0.4 is 0 Å². The first-order chi connectivity index (χ1) is 13.5. The average molecular weight is 389 g/mol. The molecular weight excluding hydrogens is 356 g/mol. The molecular formula is C21H32N4O3. The number of likely N-dealkylation sites (N-methyl/N-ethyl adjacent to an activating group) is 1. The van der Waals surface area contributed by atoms with E-state index in [-0.39, 0.29) is 18.2 Å². The van der Waals surface area contributed by atoms with Crippen molar-refractivity contribution in [3.05, 3.63) is 24.0 Å². The molecule has 0 aromatic carbocycles. The molecule has 154 valence electrons. The second kappa shape index (κ2) is 8.25. The Balaban J connectivity index is 1.45. The van der Waals surface area contributed by atoms with Crippen LogP contribution in [0.5, 0.6) is 0 Å². The van der Waals surface area contributed by atoms with Crippen LogP contribution in [-0.2, 0) is 4.79 Å². The number of aromatic nitrogens is 1. The minimum absolute atomic E-state index is 0.106. The fourth-order valence-electron chi connectivity index (χ4n) is 4.84. The summed E-state index contributed by atoms with van der Waals surface area (Å²) < 4.78 is 2.13. The van der Waals surface area contributed by atoms with Crippen LogP contribution in [-0.4, -0.2) is 88.6 Å². The van der Waals surface area contributed by atoms with Crippen LogP contribution in [0, 0.1) is 5.92 Å². The van der Waals surface area contributed by atoms with Gasteiger partial charge in [-0.25, -0.2) is 0 Å². The predicted molar refractivity (Wildman–Crippen MR) is 106 cm³/mol. The van der Waals surface area contributed by atoms with Crippen molar-refractivity contribution in [1.29, 1.82) is 0 Å². The predicted octanol–water partition coefficient (Wildman–Crippen LogP) is 1.77. The van der Waals surface area contributed by atoms with E-state index >= 15 is 0 Å². The maximum absolute atomic E-state index is 13.2. The number of carbonyl (C=O) groups is 2. The molecule has 1 aromatic heterocycles. The molecule has 1 saturated carbocycles. The highest BCUT2D eigenvalue weighted by Gasteiger charge is 2.37. The number of amides is 1. The van der Waals surface area contributed by atoms with E-state index in [9.17, 15) is 14.7 Å². The van der Waals surface area contributed by atoms with Crippen molar-refractivity contribution in [3.8, 4) is 0 Å². The molecule has 1 aromatic rings. The Morgan fingerprint density at radius 3 is 2.54 bits per heavy atom. The minimum Gasteiger partial charge on any atom is -0.481 e. The van der Waals surface area contributed by atoms with Gasteiger partial charge in [-0.05, 0) is 50.8 Å². The molecule has 0 bridgehead atoms. The largest absolute Gasteiger partial charge is 0.481 e. The zero-order chi connectivity index (χ0) is 19.7. The molecule has 7 heteroatoms. The van der Waals surface area contributed by atoms with Gasteiger partial charge in [0.2, 0.25) is 0 Å². The molecule has 1 amide bonds. The highest BCUT2D eigenvalue weighted by atomic mass is 16.4. The number of hydrogen-bond donors (Lipinski definition) is 1. The van der Waals surface area contributed by atoms with Gasteiger partial charge in [0.05, 0.1) is 0 Å². The number of carbonyl (C=O) groups excluding carboxylic acids is 1. The molecule has 0 spiro atoms. The summed E-state index contributed by atoms with van der Waals surface area (Å²) in [5.41, 5.74) is 0.789. The SMILES string of the molecule is CN1CCN([C@H]2CCN(C(=O)c3cccn3C3CC3)C[C@H]2CCC(=O)O)CC1. The van der Waals surface area contributed by atoms with E-state index in [0.717, 1.165) is 57.7 Å². The van der Waals surface area contributed by atoms with Crippen molar-refractivity contribution in [2.24, 2.45) is 5.92 Å². The lowest BCUT2D eigenvalue weighted by Gasteiger charge is -2.46. The van der Waals surface area contributed by atoms with Gasteiger partial charge in [-0.3, -0.25) is 14.5 Å². The number of hydrogen-bond acceptors (Lipinski definition) is 4. The Kier molecular flexibility index (Phi) is 5.73. The molecule has 7 nitrogen and oxygen atoms in total. The third-order valence-electron chi connectivity index (χ3n) is 6.66. The Labute approximate surface area is 166 Å². The fraction of sp³-hybridized carbons (Fsp3) is 0.714. The highest BCUT2D eigenvalue weighted by Crippen LogP contribution is 2.36. The molecule has 0 radical (unpaired) electrons. The number of carboxylic acids is 1. The highest BCUT2D eigenvalue weighted by molar-refractivity contribution is 5.93. The quantitative estimate of drug-likeness (QED) is 0.804. The summed E-state index contributed by atoms with van der Waals surface area (Å²) in [6.07, 6.45) is 6.08. The van der Waals surface area contributed by atoms with Gasteiger partial charge >= 0.3 is 5.97 Å². The van der Waals surface area contributed by atoms with Crippen LogP contribution in [0.4, 0.5) is 0 Å². The van der Waals surface area contributed by atoms with Crippen LogP contribution >= 0.6 is 0 Å². The van der Waals surface area contributed by atoms with Crippen molar-refractivity contribution < 1.29 is 14.7 Å². The first-order valence-corrected chi connectivity index (χ1v) is 10.6. The maximum atomic E-state index is 13.2. The van der Waals surface area contributed by atoms with E-state index in [2.05, 4.69) is 21.4 Å². The molecule has 0 unspecified atom stereocenters. The minimum atomic E-state index is -0.747. The van der Waals surface area contributed by atoms with Crippen molar-refractivity contribution in [2.45, 2.75) is 44.2 Å². The van der Waals surface area contributed by atoms with Gasteiger partial charge in [0.25, 0.3) is 5.91 Å². The fourth-order valence-corrected chi connectivity index (χ4v) is 4.84. The Morgan fingerprint density at radius 2 is 1.86 bits per heavy atom. The number of nitrogens with zero attached hydrogens (tertiary/aromatic N) is 4. The van der Waals surface area contributed by atoms with E-state index < -0.39 is 5.97 Å². The van der Waals surface area contributed by atoms with Crippen molar-refractivity contribution >= 4 is 11.9 Å². The van der Waals surface area contributed by atoms with Crippen LogP contribution in [0.2, 0.25) is 0 Å². The molecule has 1 N–H and O–H groups in total. The van der Waals surface area contributed by atoms with Crippen molar-refractivity contribution in [3.63, 3.8) is 0 Å². The summed E-state index contributed by atoms with van der Waals surface area (Å²) in [4.78, 5) is 31.2. The summed E-state index contributed by atoms with van der Waals surface area (Å²) in [7, 11) is 2.15. The topological polar surface area (TPSA) is 69.0 Å². The van der Waals surface area contributed by atoms with E-state index in [1.807, 2.05) is 23.2 Å². The molecule has 4 rings (SSSR count). The zero-order valence-corrected chi connectivity index (χ0v) is 16.8. The van der Waals surface area contributed by atoms with Crippen molar-refractivity contribution in [1.82, 2.24) is 19.3 Å². The molecule has 2 atom stereocenters. The lowest BCUT2D eigenvalue weighted by molar-refractivity contribution is -0.137. The zero-order valence-electron chi connectivity index (χ0n) is 16.8. The molecule has 2 aliphatic heterocycles. The number of aliphatic carboxylic acids is 1. The van der Waals surface area contributed by atoms with Crippen LogP contribution in [0.25, 0.3) is 0 Å². The van der Waals surface area contributed by atoms with Crippen molar-refractivity contribution in [2.75, 3.05) is 46.3 Å². The van der Waals surface area contributed by atoms with Gasteiger partial charge in [-0.15, -0.1) is 0 Å². The Bertz CT molecular complexity index is 706. The Morgan fingerprint density at radius 1 is 1.11 bits per heavy atom. The van der Waals surface area contributed by atoms with Gasteiger partial charge < -0.3 is 19.5 Å². The molecule has 28 heavy (non-hydrogen) atoms. The second-order valence-electron chi connectivity index (χ2n) is 8.67. The first-order valence-electron chi connectivity index (χ1n) is 10.6. The molecule has 3 heterocycles. The van der Waals surface area contributed by atoms with Crippen LogP contribution in [0.1, 0.15) is 48.6 Å². The number of piperazine rings is 1. The first kappa shape index (κ1) is 19.5. The van der Waals surface area contributed by atoms with E-state index in [1.165, 1.54) is 0 Å². The van der Waals surface area contributed by atoms with Crippen LogP contribution in [0.3, 0.4) is 0 Å². The Hall–Kier alpha value is -1.86. The smallest absolute Gasteiger partial charge is 0.303 e. The molecule has 3 aliphatic rings. The summed E-state index contributed by atoms with van der Waals surface area (Å²) in [5, 5.41) is 9.20. The van der Waals surface area contributed by atoms with E-state index in [1.54, 1.807) is 0 Å². The standard InChI is InChI=1S/C21H32N4O3/c1-22-11-13-23(14-12-22)18-8-10-24(15-16(18)4-7-20(26)27)21(28)19-3-2-9-25(19)17-5-6-17/h2-3,9,16-18H,4-8,10-15H2,1H3,(H,26,27)/t16-,18+/m1/s1. The van der Waals surface area contributed by atoms with Gasteiger partial charge in [0.15, 0.2) is 0 Å². The normalized spacial score (nSPS) is 27.1. The summed E-state index contributed by atoms with van der Waals surface area (Å²) in [6.45, 7) is 5.60. The summed E-state index contributed by atoms with van der Waals surface area (Å²) >= 11 is 0. The number of piperidine rings is 1. The van der Waals surface area contributed by atoms with Gasteiger partial charge in [0, 0.05) is 64.0 Å². The van der Waals surface area contributed by atoms with Crippen LogP contribution in [0.15, 0.2) is 18.3 Å². The summed E-state index contributed by atoms with van der Waals surface area (Å²) in [5.74, 6) is -0.418. The third-order valence-corrected chi connectivity index (χ3v) is 6.66. The maximum Gasteiger partial charge on any atom is 0.303 e. The summed E-state index contributed by atoms with van der Waals surface area (Å²) in [6, 6.07) is 4.76. The van der Waals surface area contributed by atoms with E-state index in [4.69, 9.17) is 0 Å². The van der Waals surface area contributed by atoms with Gasteiger partial charge in [-0.2, -0.15) is 0 Å². The van der Waals surface area contributed by atoms with Gasteiger partial charge in [0.1, 0.15) is 5.69 Å². The number of carboxylic acid groups (broad SMARTS) is 1. The number of rotatable bonds is 6. The lowest BCUT2D eigenvalue weighted by Crippen LogP contribution is -2.57. The number of likely N-dealkylation sites (tertiary alicyclic amines) is 1. The van der Waals surface area contributed by atoms with Gasteiger partial charge in [-0.1, -0.05) is 0 Å². The lowest BCUT2D eigenvalue weighted by atomic mass is 9.86.